The molecule has 0 N–H and O–H groups in total. The van der Waals surface area contributed by atoms with Crippen LogP contribution in [0.5, 0.6) is 5.75 Å². The van der Waals surface area contributed by atoms with Gasteiger partial charge in [0.15, 0.2) is 11.6 Å². The lowest BCUT2D eigenvalue weighted by Crippen LogP contribution is -2.32. The van der Waals surface area contributed by atoms with Gasteiger partial charge in [0.2, 0.25) is 12.2 Å². The zero-order valence-corrected chi connectivity index (χ0v) is 11.5. The van der Waals surface area contributed by atoms with E-state index in [0.29, 0.717) is 0 Å². The predicted octanol–water partition coefficient (Wildman–Crippen LogP) is 3.35. The van der Waals surface area contributed by atoms with Crippen molar-refractivity contribution in [3.63, 3.8) is 0 Å². The Morgan fingerprint density at radius 3 is 2.62 bits per heavy atom. The number of anilines is 1. The molecule has 21 heavy (non-hydrogen) atoms. The molecule has 1 fully saturated rings. The van der Waals surface area contributed by atoms with Crippen molar-refractivity contribution in [2.75, 3.05) is 18.6 Å². The van der Waals surface area contributed by atoms with E-state index in [1.54, 1.807) is 0 Å². The summed E-state index contributed by atoms with van der Waals surface area (Å²) in [6, 6.07) is 3.21. The molecule has 1 aliphatic rings. The van der Waals surface area contributed by atoms with E-state index in [1.165, 1.54) is 17.9 Å². The summed E-state index contributed by atoms with van der Waals surface area (Å²) in [5.41, 5.74) is -1.27. The largest absolute Gasteiger partial charge is 0.491 e. The first-order valence-electron chi connectivity index (χ1n) is 6.30. The molecule has 0 aromatic heterocycles. The van der Waals surface area contributed by atoms with Gasteiger partial charge in [0.1, 0.15) is 6.04 Å². The summed E-state index contributed by atoms with van der Waals surface area (Å²) in [6.07, 6.45) is -2.67. The summed E-state index contributed by atoms with van der Waals surface area (Å²) < 4.78 is 58.1. The summed E-state index contributed by atoms with van der Waals surface area (Å²) >= 11 is 0. The second-order valence-electron chi connectivity index (χ2n) is 5.35. The molecule has 1 heterocycles. The third-order valence-corrected chi connectivity index (χ3v) is 3.79. The zero-order valence-electron chi connectivity index (χ0n) is 11.5. The lowest BCUT2D eigenvalue weighted by Gasteiger charge is -2.26. The normalized spacial score (nSPS) is 25.2. The number of rotatable bonds is 3. The molecule has 1 aromatic carbocycles. The van der Waals surface area contributed by atoms with Crippen LogP contribution in [0.4, 0.5) is 23.2 Å². The number of nitriles is 1. The first-order chi connectivity index (χ1) is 9.84. The topological polar surface area (TPSA) is 36.3 Å². The van der Waals surface area contributed by atoms with E-state index in [9.17, 15) is 17.6 Å². The third-order valence-electron chi connectivity index (χ3n) is 3.79. The van der Waals surface area contributed by atoms with Crippen LogP contribution in [0.3, 0.4) is 0 Å². The molecule has 0 amide bonds. The van der Waals surface area contributed by atoms with Crippen molar-refractivity contribution in [3.8, 4) is 11.8 Å². The molecule has 0 aliphatic carbocycles. The summed E-state index contributed by atoms with van der Waals surface area (Å²) in [7, 11) is 1.16. The molecule has 114 valence electrons. The van der Waals surface area contributed by atoms with Gasteiger partial charge in [-0.15, -0.1) is 0 Å². The van der Waals surface area contributed by atoms with Crippen molar-refractivity contribution in [3.05, 3.63) is 23.8 Å². The Kier molecular flexibility index (Phi) is 3.99. The van der Waals surface area contributed by atoms with E-state index in [0.717, 1.165) is 13.2 Å². The van der Waals surface area contributed by atoms with E-state index in [-0.39, 0.29) is 24.4 Å². The monoisotopic (exact) mass is 302 g/mol. The number of halogens is 4. The highest BCUT2D eigenvalue weighted by molar-refractivity contribution is 5.62. The molecule has 0 spiro atoms. The maximum atomic E-state index is 13.7. The molecule has 1 aliphatic heterocycles. The van der Waals surface area contributed by atoms with Crippen molar-refractivity contribution in [1.82, 2.24) is 0 Å². The molecule has 0 saturated carbocycles. The third kappa shape index (κ3) is 2.50. The van der Waals surface area contributed by atoms with E-state index in [4.69, 9.17) is 10.00 Å². The zero-order chi connectivity index (χ0) is 15.8. The number of alkyl halides is 2. The Morgan fingerprint density at radius 1 is 1.43 bits per heavy atom. The molecular weight excluding hydrogens is 288 g/mol. The average Bonchev–Trinajstić information content (AvgIpc) is 2.80. The molecule has 7 heteroatoms. The second-order valence-corrected chi connectivity index (χ2v) is 5.35. The van der Waals surface area contributed by atoms with Gasteiger partial charge >= 0.3 is 0 Å². The minimum Gasteiger partial charge on any atom is -0.491 e. The predicted molar refractivity (Wildman–Crippen MR) is 68.4 cm³/mol. The molecule has 2 atom stereocenters. The fourth-order valence-electron chi connectivity index (χ4n) is 2.58. The van der Waals surface area contributed by atoms with E-state index < -0.39 is 29.5 Å². The highest BCUT2D eigenvalue weighted by atomic mass is 19.3. The average molecular weight is 302 g/mol. The maximum Gasteiger partial charge on any atom is 0.245 e. The molecule has 2 rings (SSSR count). The van der Waals surface area contributed by atoms with E-state index in [2.05, 4.69) is 0 Å². The van der Waals surface area contributed by atoms with Gasteiger partial charge < -0.3 is 9.64 Å². The maximum absolute atomic E-state index is 13.7. The van der Waals surface area contributed by atoms with Crippen LogP contribution in [0.1, 0.15) is 13.3 Å². The first-order valence-corrected chi connectivity index (χ1v) is 6.30. The number of ether oxygens (including phenoxy) is 1. The molecule has 2 unspecified atom stereocenters. The van der Waals surface area contributed by atoms with Gasteiger partial charge in [0.05, 0.1) is 18.9 Å². The van der Waals surface area contributed by atoms with Crippen molar-refractivity contribution < 1.29 is 22.3 Å². The van der Waals surface area contributed by atoms with Gasteiger partial charge in [-0.1, -0.05) is 6.92 Å². The van der Waals surface area contributed by atoms with Crippen LogP contribution in [0.2, 0.25) is 0 Å². The summed E-state index contributed by atoms with van der Waals surface area (Å²) in [5, 5.41) is 9.15. The lowest BCUT2D eigenvalue weighted by atomic mass is 9.89. The van der Waals surface area contributed by atoms with Gasteiger partial charge in [0, 0.05) is 12.0 Å². The fourth-order valence-corrected chi connectivity index (χ4v) is 2.58. The number of benzene rings is 1. The molecule has 3 nitrogen and oxygen atoms in total. The van der Waals surface area contributed by atoms with E-state index in [1.807, 2.05) is 6.07 Å². The van der Waals surface area contributed by atoms with Gasteiger partial charge in [0.25, 0.3) is 0 Å². The molecule has 1 saturated heterocycles. The lowest BCUT2D eigenvalue weighted by molar-refractivity contribution is 0.0209. The number of hydrogen-bond acceptors (Lipinski definition) is 3. The van der Waals surface area contributed by atoms with Crippen molar-refractivity contribution in [2.24, 2.45) is 5.41 Å². The Labute approximate surface area is 119 Å². The Bertz CT molecular complexity index is 587. The van der Waals surface area contributed by atoms with Crippen LogP contribution in [-0.2, 0) is 0 Å². The highest BCUT2D eigenvalue weighted by Gasteiger charge is 2.47. The van der Waals surface area contributed by atoms with Crippen molar-refractivity contribution in [1.29, 1.82) is 5.26 Å². The Morgan fingerprint density at radius 2 is 2.10 bits per heavy atom. The second kappa shape index (κ2) is 5.43. The van der Waals surface area contributed by atoms with Gasteiger partial charge in [-0.3, -0.25) is 0 Å². The highest BCUT2D eigenvalue weighted by Crippen LogP contribution is 2.44. The molecule has 1 aromatic rings. The Balaban J connectivity index is 2.47. The minimum atomic E-state index is -2.62. The number of nitrogens with zero attached hydrogens (tertiary/aromatic N) is 2. The number of methoxy groups -OCH3 is 1. The minimum absolute atomic E-state index is 0.0523. The summed E-state index contributed by atoms with van der Waals surface area (Å²) in [6.45, 7) is 1.23. The van der Waals surface area contributed by atoms with Crippen LogP contribution in [0, 0.1) is 28.4 Å². The Hall–Kier alpha value is -1.97. The smallest absolute Gasteiger partial charge is 0.245 e. The van der Waals surface area contributed by atoms with Crippen molar-refractivity contribution >= 4 is 5.69 Å². The first kappa shape index (κ1) is 15.4. The van der Waals surface area contributed by atoms with Crippen LogP contribution >= 0.6 is 0 Å². The van der Waals surface area contributed by atoms with Gasteiger partial charge in [-0.2, -0.15) is 9.65 Å². The van der Waals surface area contributed by atoms with Crippen molar-refractivity contribution in [2.45, 2.75) is 25.8 Å². The quantitative estimate of drug-likeness (QED) is 0.803. The summed E-state index contributed by atoms with van der Waals surface area (Å²) in [5.74, 6) is -2.67. The van der Waals surface area contributed by atoms with Crippen LogP contribution in [0.15, 0.2) is 12.1 Å². The fraction of sp³-hybridized carbons (Fsp3) is 0.500. The summed E-state index contributed by atoms with van der Waals surface area (Å²) in [4.78, 5) is 1.34. The molecular formula is C14H14F4N2O. The van der Waals surface area contributed by atoms with Crippen LogP contribution < -0.4 is 9.64 Å². The molecule has 0 bridgehead atoms. The van der Waals surface area contributed by atoms with E-state index >= 15 is 0 Å². The standard InChI is InChI=1S/C14H14F4N2O/c1-14(13(17)18)5-8(6-19)20(7-14)10-4-3-9(15)11(16)12(10)21-2/h3-4,8,13H,5,7H2,1-2H3. The van der Waals surface area contributed by atoms with Crippen LogP contribution in [0.25, 0.3) is 0 Å². The van der Waals surface area contributed by atoms with Gasteiger partial charge in [-0.25, -0.2) is 13.2 Å². The molecule has 0 radical (unpaired) electrons. The SMILES string of the molecule is COc1c(N2CC(C)(C(F)F)CC2C#N)ccc(F)c1F. The van der Waals surface area contributed by atoms with Gasteiger partial charge in [-0.05, 0) is 18.6 Å². The number of hydrogen-bond donors (Lipinski definition) is 0. The van der Waals surface area contributed by atoms with Crippen LogP contribution in [-0.4, -0.2) is 26.1 Å².